The molecule has 0 spiro atoms. The van der Waals surface area contributed by atoms with Crippen molar-refractivity contribution < 1.29 is 28.9 Å². The summed E-state index contributed by atoms with van der Waals surface area (Å²) in [6.07, 6.45) is 1.82. The van der Waals surface area contributed by atoms with Crippen molar-refractivity contribution in [3.63, 3.8) is 0 Å². The Morgan fingerprint density at radius 2 is 1.84 bits per heavy atom. The zero-order valence-electron chi connectivity index (χ0n) is 18.2. The number of unbranched alkanes of at least 4 members (excludes halogenated alkanes) is 1. The van der Waals surface area contributed by atoms with Gasteiger partial charge in [-0.05, 0) is 41.8 Å². The Hall–Kier alpha value is -3.42. The van der Waals surface area contributed by atoms with Crippen LogP contribution in [0.1, 0.15) is 42.9 Å². The van der Waals surface area contributed by atoms with Crippen LogP contribution in [0.4, 0.5) is 4.79 Å². The van der Waals surface area contributed by atoms with Crippen molar-refractivity contribution in [3.05, 3.63) is 53.6 Å². The molecule has 8 heteroatoms. The normalized spacial score (nSPS) is 21.4. The number of nitrogens with zero attached hydrogens (tertiary/aromatic N) is 1. The van der Waals surface area contributed by atoms with E-state index in [0.717, 1.165) is 24.0 Å². The number of carboxylic acids is 1. The largest absolute Gasteiger partial charge is 0.497 e. The van der Waals surface area contributed by atoms with Crippen LogP contribution in [0.15, 0.2) is 42.5 Å². The van der Waals surface area contributed by atoms with E-state index in [1.807, 2.05) is 24.3 Å². The second-order valence-electron chi connectivity index (χ2n) is 8.04. The Morgan fingerprint density at radius 1 is 1.12 bits per heavy atom. The molecule has 4 rings (SSSR count). The number of hydrogen-bond acceptors (Lipinski definition) is 5. The zero-order valence-corrected chi connectivity index (χ0v) is 18.2. The van der Waals surface area contributed by atoms with Gasteiger partial charge in [-0.1, -0.05) is 31.5 Å². The van der Waals surface area contributed by atoms with E-state index in [0.29, 0.717) is 23.8 Å². The summed E-state index contributed by atoms with van der Waals surface area (Å²) in [6, 6.07) is 11.8. The van der Waals surface area contributed by atoms with Gasteiger partial charge >= 0.3 is 12.0 Å². The van der Waals surface area contributed by atoms with Gasteiger partial charge in [0, 0.05) is 19.0 Å². The summed E-state index contributed by atoms with van der Waals surface area (Å²) in [4.78, 5) is 27.3. The summed E-state index contributed by atoms with van der Waals surface area (Å²) < 4.78 is 16.1. The molecule has 170 valence electrons. The van der Waals surface area contributed by atoms with Gasteiger partial charge < -0.3 is 29.5 Å². The fourth-order valence-corrected chi connectivity index (χ4v) is 4.49. The van der Waals surface area contributed by atoms with Crippen molar-refractivity contribution in [1.82, 2.24) is 10.2 Å². The molecular formula is C24H28N2O6. The minimum absolute atomic E-state index is 0.145. The van der Waals surface area contributed by atoms with Crippen molar-refractivity contribution in [2.24, 2.45) is 5.92 Å². The lowest BCUT2D eigenvalue weighted by Gasteiger charge is -2.27. The van der Waals surface area contributed by atoms with E-state index in [9.17, 15) is 14.7 Å². The molecule has 0 saturated carbocycles. The number of rotatable bonds is 7. The number of ether oxygens (including phenoxy) is 3. The predicted octanol–water partition coefficient (Wildman–Crippen LogP) is 3.77. The smallest absolute Gasteiger partial charge is 0.317 e. The molecule has 0 unspecified atom stereocenters. The van der Waals surface area contributed by atoms with Gasteiger partial charge in [-0.25, -0.2) is 4.79 Å². The average molecular weight is 440 g/mol. The Labute approximate surface area is 187 Å². The van der Waals surface area contributed by atoms with Gasteiger partial charge in [0.2, 0.25) is 6.79 Å². The van der Waals surface area contributed by atoms with E-state index in [1.54, 1.807) is 30.2 Å². The van der Waals surface area contributed by atoms with Gasteiger partial charge in [0.15, 0.2) is 11.5 Å². The molecule has 0 bridgehead atoms. The summed E-state index contributed by atoms with van der Waals surface area (Å²) in [5.41, 5.74) is 1.57. The molecule has 0 aromatic heterocycles. The number of aliphatic carboxylic acids is 1. The highest BCUT2D eigenvalue weighted by Crippen LogP contribution is 2.47. The Morgan fingerprint density at radius 3 is 2.53 bits per heavy atom. The monoisotopic (exact) mass is 440 g/mol. The fourth-order valence-electron chi connectivity index (χ4n) is 4.49. The highest BCUT2D eigenvalue weighted by Gasteiger charge is 2.49. The number of carbonyl (C=O) groups is 2. The topological polar surface area (TPSA) is 97.3 Å². The lowest BCUT2D eigenvalue weighted by Crippen LogP contribution is -2.41. The SMILES string of the molecule is CCCCNC(=O)N1C[C@H](c2ccc3c(c2)OCO3)[C@H](C(=O)O)[C@H]1c1ccc(OC)cc1. The quantitative estimate of drug-likeness (QED) is 0.636. The third-order valence-corrected chi connectivity index (χ3v) is 6.14. The number of urea groups is 1. The van der Waals surface area contributed by atoms with Gasteiger partial charge in [0.05, 0.1) is 19.1 Å². The van der Waals surface area contributed by atoms with Crippen molar-refractivity contribution in [3.8, 4) is 17.2 Å². The van der Waals surface area contributed by atoms with E-state index in [1.165, 1.54) is 0 Å². The molecule has 2 aliphatic heterocycles. The molecule has 2 amide bonds. The maximum Gasteiger partial charge on any atom is 0.317 e. The lowest BCUT2D eigenvalue weighted by molar-refractivity contribution is -0.142. The molecule has 2 N–H and O–H groups in total. The van der Waals surface area contributed by atoms with Crippen molar-refractivity contribution >= 4 is 12.0 Å². The summed E-state index contributed by atoms with van der Waals surface area (Å²) in [5, 5.41) is 13.2. The molecule has 8 nitrogen and oxygen atoms in total. The fraction of sp³-hybridized carbons (Fsp3) is 0.417. The standard InChI is InChI=1S/C24H28N2O6/c1-3-4-11-25-24(29)26-13-18(16-7-10-19-20(12-16)32-14-31-19)21(23(27)28)22(26)15-5-8-17(30-2)9-6-15/h5-10,12,18,21-22H,3-4,11,13-14H2,1-2H3,(H,25,29)(H,27,28)/t18-,21+,22-/m1/s1. The van der Waals surface area contributed by atoms with E-state index in [2.05, 4.69) is 12.2 Å². The van der Waals surface area contributed by atoms with Gasteiger partial charge in [-0.2, -0.15) is 0 Å². The maximum atomic E-state index is 13.1. The number of carboxylic acid groups (broad SMARTS) is 1. The Kier molecular flexibility index (Phi) is 6.39. The number of nitrogens with one attached hydrogen (secondary N) is 1. The summed E-state index contributed by atoms with van der Waals surface area (Å²) in [7, 11) is 1.58. The molecule has 2 heterocycles. The van der Waals surface area contributed by atoms with Crippen molar-refractivity contribution in [1.29, 1.82) is 0 Å². The van der Waals surface area contributed by atoms with Gasteiger partial charge in [0.1, 0.15) is 5.75 Å². The number of methoxy groups -OCH3 is 1. The van der Waals surface area contributed by atoms with Crippen molar-refractivity contribution in [2.45, 2.75) is 31.7 Å². The van der Waals surface area contributed by atoms with Gasteiger partial charge in [-0.3, -0.25) is 4.79 Å². The highest BCUT2D eigenvalue weighted by molar-refractivity contribution is 5.80. The van der Waals surface area contributed by atoms with Crippen LogP contribution in [0.25, 0.3) is 0 Å². The second kappa shape index (κ2) is 9.38. The Balaban J connectivity index is 1.71. The van der Waals surface area contributed by atoms with Crippen LogP contribution in [0.3, 0.4) is 0 Å². The van der Waals surface area contributed by atoms with Crippen LogP contribution in [0.2, 0.25) is 0 Å². The first-order chi connectivity index (χ1) is 15.5. The first-order valence-corrected chi connectivity index (χ1v) is 10.8. The average Bonchev–Trinajstić information content (AvgIpc) is 3.43. The van der Waals surface area contributed by atoms with Gasteiger partial charge in [0.25, 0.3) is 0 Å². The van der Waals surface area contributed by atoms with E-state index < -0.39 is 23.8 Å². The molecule has 1 saturated heterocycles. The molecule has 2 aliphatic rings. The first-order valence-electron chi connectivity index (χ1n) is 10.8. The number of hydrogen-bond donors (Lipinski definition) is 2. The van der Waals surface area contributed by atoms with E-state index in [4.69, 9.17) is 14.2 Å². The highest BCUT2D eigenvalue weighted by atomic mass is 16.7. The number of carbonyl (C=O) groups excluding carboxylic acids is 1. The molecule has 32 heavy (non-hydrogen) atoms. The predicted molar refractivity (Wildman–Crippen MR) is 117 cm³/mol. The lowest BCUT2D eigenvalue weighted by atomic mass is 9.83. The molecule has 2 aromatic carbocycles. The molecule has 0 aliphatic carbocycles. The van der Waals surface area contributed by atoms with Crippen LogP contribution >= 0.6 is 0 Å². The summed E-state index contributed by atoms with van der Waals surface area (Å²) in [5.74, 6) is -0.257. The minimum atomic E-state index is -0.947. The van der Waals surface area contributed by atoms with Crippen LogP contribution in [-0.4, -0.2) is 49.0 Å². The molecule has 1 fully saturated rings. The summed E-state index contributed by atoms with van der Waals surface area (Å²) >= 11 is 0. The first kappa shape index (κ1) is 21.8. The van der Waals surface area contributed by atoms with Crippen LogP contribution in [0, 0.1) is 5.92 Å². The summed E-state index contributed by atoms with van der Waals surface area (Å²) in [6.45, 7) is 3.03. The van der Waals surface area contributed by atoms with Crippen molar-refractivity contribution in [2.75, 3.05) is 27.0 Å². The second-order valence-corrected chi connectivity index (χ2v) is 8.04. The zero-order chi connectivity index (χ0) is 22.7. The maximum absolute atomic E-state index is 13.1. The van der Waals surface area contributed by atoms with E-state index in [-0.39, 0.29) is 19.4 Å². The number of likely N-dealkylation sites (tertiary alicyclic amines) is 1. The molecule has 0 radical (unpaired) electrons. The number of fused-ring (bicyclic) bond motifs is 1. The van der Waals surface area contributed by atoms with Crippen LogP contribution in [0.5, 0.6) is 17.2 Å². The number of benzene rings is 2. The van der Waals surface area contributed by atoms with Gasteiger partial charge in [-0.15, -0.1) is 0 Å². The Bertz CT molecular complexity index is 977. The molecular weight excluding hydrogens is 412 g/mol. The minimum Gasteiger partial charge on any atom is -0.497 e. The third-order valence-electron chi connectivity index (χ3n) is 6.14. The third kappa shape index (κ3) is 4.17. The van der Waals surface area contributed by atoms with Crippen LogP contribution < -0.4 is 19.5 Å². The molecule has 2 aromatic rings. The van der Waals surface area contributed by atoms with Crippen LogP contribution in [-0.2, 0) is 4.79 Å². The molecule has 3 atom stereocenters. The van der Waals surface area contributed by atoms with E-state index >= 15 is 0 Å². The number of amides is 2.